The summed E-state index contributed by atoms with van der Waals surface area (Å²) in [7, 11) is 1.14. The molecule has 114 valence electrons. The Kier molecular flexibility index (Phi) is 6.67. The molecule has 0 fully saturated rings. The molecule has 1 heterocycles. The van der Waals surface area contributed by atoms with E-state index in [9.17, 15) is 8.42 Å². The van der Waals surface area contributed by atoms with Crippen molar-refractivity contribution in [1.29, 1.82) is 0 Å². The van der Waals surface area contributed by atoms with Crippen molar-refractivity contribution in [3.8, 4) is 0 Å². The smallest absolute Gasteiger partial charge is 0.244 e. The van der Waals surface area contributed by atoms with Gasteiger partial charge in [-0.25, -0.2) is 17.7 Å². The molecule has 0 aliphatic heterocycles. The lowest BCUT2D eigenvalue weighted by Crippen LogP contribution is -2.22. The minimum Gasteiger partial charge on any atom is -0.383 e. The van der Waals surface area contributed by atoms with Crippen molar-refractivity contribution < 1.29 is 13.2 Å². The van der Waals surface area contributed by atoms with Crippen LogP contribution in [0.1, 0.15) is 6.42 Å². The number of rotatable bonds is 8. The van der Waals surface area contributed by atoms with Gasteiger partial charge in [-0.05, 0) is 18.6 Å². The number of sulfonamides is 1. The number of nitrogens with one attached hydrogen (secondary N) is 1. The van der Waals surface area contributed by atoms with E-state index in [0.717, 1.165) is 10.7 Å². The molecule has 1 aromatic rings. The molecule has 6 nitrogen and oxygen atoms in total. The minimum absolute atomic E-state index is 0.0547. The van der Waals surface area contributed by atoms with Crippen LogP contribution in [-0.4, -0.2) is 57.4 Å². The molecule has 1 N–H and O–H groups in total. The highest BCUT2D eigenvalue weighted by Gasteiger charge is 2.17. The number of anilines is 1. The zero-order valence-electron chi connectivity index (χ0n) is 11.8. The number of alkyl halides is 1. The zero-order chi connectivity index (χ0) is 15.2. The third-order valence-electron chi connectivity index (χ3n) is 2.63. The first-order chi connectivity index (χ1) is 9.37. The molecule has 1 rings (SSSR count). The number of nitrogens with zero attached hydrogens (tertiary/aromatic N) is 2. The van der Waals surface area contributed by atoms with Crippen LogP contribution in [0.15, 0.2) is 23.2 Å². The maximum Gasteiger partial charge on any atom is 0.244 e. The first kappa shape index (κ1) is 17.2. The molecule has 0 spiro atoms. The molecule has 0 amide bonds. The fourth-order valence-electron chi connectivity index (χ4n) is 1.47. The largest absolute Gasteiger partial charge is 0.383 e. The SMILES string of the molecule is COCC(Cl)CCNc1ccc(S(=O)(=O)N(C)C)cn1. The third-order valence-corrected chi connectivity index (χ3v) is 4.77. The summed E-state index contributed by atoms with van der Waals surface area (Å²) in [6.07, 6.45) is 2.07. The summed E-state index contributed by atoms with van der Waals surface area (Å²) in [6.45, 7) is 1.14. The van der Waals surface area contributed by atoms with Gasteiger partial charge in [-0.1, -0.05) is 0 Å². The van der Waals surface area contributed by atoms with E-state index in [0.29, 0.717) is 19.0 Å². The van der Waals surface area contributed by atoms with Gasteiger partial charge in [-0.2, -0.15) is 0 Å². The maximum absolute atomic E-state index is 11.9. The van der Waals surface area contributed by atoms with Crippen LogP contribution in [0.5, 0.6) is 0 Å². The highest BCUT2D eigenvalue weighted by molar-refractivity contribution is 7.89. The van der Waals surface area contributed by atoms with E-state index in [-0.39, 0.29) is 10.3 Å². The second kappa shape index (κ2) is 7.78. The van der Waals surface area contributed by atoms with Crippen LogP contribution in [0.25, 0.3) is 0 Å². The normalized spacial score (nSPS) is 13.4. The predicted molar refractivity (Wildman–Crippen MR) is 79.7 cm³/mol. The van der Waals surface area contributed by atoms with Gasteiger partial charge in [0.05, 0.1) is 12.0 Å². The second-order valence-electron chi connectivity index (χ2n) is 4.43. The Morgan fingerprint density at radius 1 is 1.45 bits per heavy atom. The highest BCUT2D eigenvalue weighted by Crippen LogP contribution is 2.14. The minimum atomic E-state index is -3.43. The Labute approximate surface area is 125 Å². The van der Waals surface area contributed by atoms with Crippen LogP contribution in [0.2, 0.25) is 0 Å². The van der Waals surface area contributed by atoms with Crippen LogP contribution < -0.4 is 5.32 Å². The Morgan fingerprint density at radius 3 is 2.65 bits per heavy atom. The van der Waals surface area contributed by atoms with Crippen molar-refractivity contribution >= 4 is 27.4 Å². The number of methoxy groups -OCH3 is 1. The van der Waals surface area contributed by atoms with Gasteiger partial charge < -0.3 is 10.1 Å². The van der Waals surface area contributed by atoms with E-state index in [1.165, 1.54) is 26.4 Å². The van der Waals surface area contributed by atoms with E-state index >= 15 is 0 Å². The summed E-state index contributed by atoms with van der Waals surface area (Å²) in [6, 6.07) is 3.16. The monoisotopic (exact) mass is 321 g/mol. The van der Waals surface area contributed by atoms with E-state index in [1.54, 1.807) is 13.2 Å². The van der Waals surface area contributed by atoms with E-state index in [1.807, 2.05) is 0 Å². The average Bonchev–Trinajstić information content (AvgIpc) is 2.39. The number of hydrogen-bond acceptors (Lipinski definition) is 5. The lowest BCUT2D eigenvalue weighted by Gasteiger charge is -2.12. The van der Waals surface area contributed by atoms with E-state index in [2.05, 4.69) is 10.3 Å². The lowest BCUT2D eigenvalue weighted by molar-refractivity contribution is 0.196. The molecule has 1 unspecified atom stereocenters. The van der Waals surface area contributed by atoms with Gasteiger partial charge in [-0.3, -0.25) is 0 Å². The van der Waals surface area contributed by atoms with Crippen LogP contribution >= 0.6 is 11.6 Å². The summed E-state index contributed by atoms with van der Waals surface area (Å²) in [5.74, 6) is 0.615. The number of pyridine rings is 1. The van der Waals surface area contributed by atoms with Crippen molar-refractivity contribution in [3.05, 3.63) is 18.3 Å². The molecular formula is C12H20ClN3O3S. The molecule has 0 bridgehead atoms. The molecular weight excluding hydrogens is 302 g/mol. The summed E-state index contributed by atoms with van der Waals surface area (Å²) in [4.78, 5) is 4.25. The first-order valence-corrected chi connectivity index (χ1v) is 8.01. The summed E-state index contributed by atoms with van der Waals surface area (Å²) in [5, 5.41) is 3.03. The van der Waals surface area contributed by atoms with E-state index in [4.69, 9.17) is 16.3 Å². The lowest BCUT2D eigenvalue weighted by atomic mass is 10.3. The molecule has 0 saturated carbocycles. The molecule has 0 saturated heterocycles. The third kappa shape index (κ3) is 4.90. The number of aromatic nitrogens is 1. The van der Waals surface area contributed by atoms with Crippen molar-refractivity contribution in [2.75, 3.05) is 39.7 Å². The fourth-order valence-corrected chi connectivity index (χ4v) is 2.55. The molecule has 0 aromatic carbocycles. The summed E-state index contributed by atoms with van der Waals surface area (Å²) in [5.41, 5.74) is 0. The van der Waals surface area contributed by atoms with Crippen molar-refractivity contribution in [3.63, 3.8) is 0 Å². The van der Waals surface area contributed by atoms with Gasteiger partial charge in [0.25, 0.3) is 0 Å². The average molecular weight is 322 g/mol. The van der Waals surface area contributed by atoms with E-state index < -0.39 is 10.0 Å². The van der Waals surface area contributed by atoms with Gasteiger partial charge in [0.2, 0.25) is 10.0 Å². The molecule has 0 aliphatic carbocycles. The molecule has 8 heteroatoms. The van der Waals surface area contributed by atoms with Crippen LogP contribution in [0.3, 0.4) is 0 Å². The topological polar surface area (TPSA) is 71.5 Å². The molecule has 20 heavy (non-hydrogen) atoms. The Morgan fingerprint density at radius 2 is 2.15 bits per heavy atom. The Hall–Kier alpha value is -0.890. The fraction of sp³-hybridized carbons (Fsp3) is 0.583. The van der Waals surface area contributed by atoms with Gasteiger partial charge in [0.15, 0.2) is 0 Å². The standard InChI is InChI=1S/C12H20ClN3O3S/c1-16(2)20(17,18)11-4-5-12(15-8-11)14-7-6-10(13)9-19-3/h4-5,8,10H,6-7,9H2,1-3H3,(H,14,15). The molecule has 1 atom stereocenters. The summed E-state index contributed by atoms with van der Waals surface area (Å²) < 4.78 is 29.8. The van der Waals surface area contributed by atoms with Crippen LogP contribution in [0, 0.1) is 0 Å². The molecule has 0 radical (unpaired) electrons. The number of ether oxygens (including phenoxy) is 1. The quantitative estimate of drug-likeness (QED) is 0.733. The maximum atomic E-state index is 11.9. The van der Waals surface area contributed by atoms with Crippen LogP contribution in [0.4, 0.5) is 5.82 Å². The second-order valence-corrected chi connectivity index (χ2v) is 7.20. The zero-order valence-corrected chi connectivity index (χ0v) is 13.4. The molecule has 0 aliphatic rings. The molecule has 1 aromatic heterocycles. The Balaban J connectivity index is 2.56. The summed E-state index contributed by atoms with van der Waals surface area (Å²) >= 11 is 6.00. The van der Waals surface area contributed by atoms with Gasteiger partial charge in [0.1, 0.15) is 10.7 Å². The Bertz CT molecular complexity index is 505. The van der Waals surface area contributed by atoms with Crippen molar-refractivity contribution in [2.45, 2.75) is 16.7 Å². The van der Waals surface area contributed by atoms with Crippen molar-refractivity contribution in [2.24, 2.45) is 0 Å². The van der Waals surface area contributed by atoms with Crippen molar-refractivity contribution in [1.82, 2.24) is 9.29 Å². The first-order valence-electron chi connectivity index (χ1n) is 6.13. The van der Waals surface area contributed by atoms with Crippen LogP contribution in [-0.2, 0) is 14.8 Å². The highest BCUT2D eigenvalue weighted by atomic mass is 35.5. The van der Waals surface area contributed by atoms with Gasteiger partial charge in [-0.15, -0.1) is 11.6 Å². The number of halogens is 1. The predicted octanol–water partition coefficient (Wildman–Crippen LogP) is 1.39. The van der Waals surface area contributed by atoms with Gasteiger partial charge >= 0.3 is 0 Å². The number of hydrogen-bond donors (Lipinski definition) is 1. The van der Waals surface area contributed by atoms with Gasteiger partial charge in [0, 0.05) is 33.9 Å².